The lowest BCUT2D eigenvalue weighted by molar-refractivity contribution is -0.139. The second-order valence-corrected chi connectivity index (χ2v) is 9.14. The largest absolute Gasteiger partial charge is 0.379 e. The average molecular weight is 461 g/mol. The van der Waals surface area contributed by atoms with E-state index in [2.05, 4.69) is 15.5 Å². The van der Waals surface area contributed by atoms with E-state index >= 15 is 0 Å². The van der Waals surface area contributed by atoms with Crippen LogP contribution in [-0.2, 0) is 29.1 Å². The van der Waals surface area contributed by atoms with Gasteiger partial charge < -0.3 is 20.1 Å². The number of carbonyl (C=O) groups excluding carboxylic acids is 2. The lowest BCUT2D eigenvalue weighted by Gasteiger charge is -2.26. The number of halogens is 1. The Morgan fingerprint density at radius 2 is 1.70 bits per heavy atom. The van der Waals surface area contributed by atoms with E-state index in [1.807, 2.05) is 0 Å². The van der Waals surface area contributed by atoms with Gasteiger partial charge in [-0.05, 0) is 24.3 Å². The van der Waals surface area contributed by atoms with E-state index in [9.17, 15) is 18.0 Å². The molecule has 12 heteroatoms. The highest BCUT2D eigenvalue weighted by Gasteiger charge is 2.36. The van der Waals surface area contributed by atoms with E-state index in [4.69, 9.17) is 21.1 Å². The summed E-state index contributed by atoms with van der Waals surface area (Å²) in [6, 6.07) is 5.80. The van der Waals surface area contributed by atoms with Crippen LogP contribution < -0.4 is 10.6 Å². The zero-order chi connectivity index (χ0) is 21.6. The number of nitrogens with one attached hydrogen (secondary N) is 2. The molecular formula is C18H25ClN4O6S. The smallest absolute Gasteiger partial charge is 0.309 e. The number of rotatable bonds is 7. The highest BCUT2D eigenvalue weighted by atomic mass is 35.5. The first-order valence-corrected chi connectivity index (χ1v) is 11.4. The zero-order valence-corrected chi connectivity index (χ0v) is 18.0. The summed E-state index contributed by atoms with van der Waals surface area (Å²) in [5, 5.41) is 5.42. The fourth-order valence-corrected chi connectivity index (χ4v) is 4.81. The first-order chi connectivity index (χ1) is 14.4. The number of carbonyl (C=O) groups is 2. The molecule has 0 aliphatic carbocycles. The number of ether oxygens (including phenoxy) is 2. The lowest BCUT2D eigenvalue weighted by Crippen LogP contribution is -2.48. The topological polar surface area (TPSA) is 117 Å². The quantitative estimate of drug-likeness (QED) is 0.514. The molecule has 3 rings (SSSR count). The van der Waals surface area contributed by atoms with Crippen LogP contribution in [0.2, 0.25) is 5.02 Å². The predicted octanol–water partition coefficient (Wildman–Crippen LogP) is -0.748. The summed E-state index contributed by atoms with van der Waals surface area (Å²) in [5.74, 6) is -1.61. The van der Waals surface area contributed by atoms with Crippen LogP contribution in [0.4, 0.5) is 0 Å². The van der Waals surface area contributed by atoms with Crippen molar-refractivity contribution in [3.8, 4) is 0 Å². The van der Waals surface area contributed by atoms with Crippen LogP contribution in [0, 0.1) is 0 Å². The van der Waals surface area contributed by atoms with Gasteiger partial charge in [0.2, 0.25) is 10.0 Å². The van der Waals surface area contributed by atoms with Gasteiger partial charge in [-0.3, -0.25) is 14.5 Å². The number of amides is 2. The molecule has 2 N–H and O–H groups in total. The van der Waals surface area contributed by atoms with Crippen LogP contribution in [0.5, 0.6) is 0 Å². The van der Waals surface area contributed by atoms with Crippen LogP contribution >= 0.6 is 11.6 Å². The van der Waals surface area contributed by atoms with Crippen molar-refractivity contribution in [2.75, 3.05) is 59.1 Å². The summed E-state index contributed by atoms with van der Waals surface area (Å²) in [6.07, 6.45) is -0.893. The molecule has 2 aliphatic heterocycles. The minimum absolute atomic E-state index is 0.0783. The van der Waals surface area contributed by atoms with Gasteiger partial charge in [-0.25, -0.2) is 8.42 Å². The molecule has 0 aromatic heterocycles. The maximum Gasteiger partial charge on any atom is 0.309 e. The van der Waals surface area contributed by atoms with Gasteiger partial charge >= 0.3 is 11.8 Å². The molecule has 2 amide bonds. The highest BCUT2D eigenvalue weighted by molar-refractivity contribution is 7.89. The number of hydrogen-bond acceptors (Lipinski definition) is 7. The van der Waals surface area contributed by atoms with E-state index in [1.165, 1.54) is 24.3 Å². The highest BCUT2D eigenvalue weighted by Crippen LogP contribution is 2.23. The van der Waals surface area contributed by atoms with E-state index < -0.39 is 28.1 Å². The Kier molecular flexibility index (Phi) is 8.03. The molecule has 1 aromatic rings. The molecule has 2 saturated heterocycles. The Labute approximate surface area is 180 Å². The number of morpholine rings is 1. The third-order valence-corrected chi connectivity index (χ3v) is 6.98. The molecule has 0 saturated carbocycles. The van der Waals surface area contributed by atoms with Crippen molar-refractivity contribution in [2.24, 2.45) is 0 Å². The summed E-state index contributed by atoms with van der Waals surface area (Å²) in [7, 11) is -3.82. The fraction of sp³-hybridized carbons (Fsp3) is 0.556. The molecule has 0 spiro atoms. The lowest BCUT2D eigenvalue weighted by atomic mass is 10.4. The molecular weight excluding hydrogens is 436 g/mol. The van der Waals surface area contributed by atoms with Crippen molar-refractivity contribution >= 4 is 33.4 Å². The van der Waals surface area contributed by atoms with Crippen LogP contribution in [0.15, 0.2) is 29.2 Å². The average Bonchev–Trinajstić information content (AvgIpc) is 3.22. The fourth-order valence-electron chi connectivity index (χ4n) is 3.18. The van der Waals surface area contributed by atoms with Gasteiger partial charge in [-0.15, -0.1) is 0 Å². The van der Waals surface area contributed by atoms with Crippen molar-refractivity contribution in [1.82, 2.24) is 19.8 Å². The van der Waals surface area contributed by atoms with Crippen LogP contribution in [0.25, 0.3) is 0 Å². The first kappa shape index (κ1) is 22.9. The summed E-state index contributed by atoms with van der Waals surface area (Å²) >= 11 is 5.82. The van der Waals surface area contributed by atoms with Crippen LogP contribution in [0.3, 0.4) is 0 Å². The predicted molar refractivity (Wildman–Crippen MR) is 108 cm³/mol. The number of hydrogen-bond donors (Lipinski definition) is 2. The Bertz CT molecular complexity index is 845. The summed E-state index contributed by atoms with van der Waals surface area (Å²) in [5.41, 5.74) is 0. The summed E-state index contributed by atoms with van der Waals surface area (Å²) < 4.78 is 37.5. The van der Waals surface area contributed by atoms with Gasteiger partial charge in [0, 0.05) is 37.7 Å². The molecule has 0 bridgehead atoms. The maximum absolute atomic E-state index is 12.8. The molecule has 0 radical (unpaired) electrons. The molecule has 1 aromatic carbocycles. The Morgan fingerprint density at radius 1 is 1.03 bits per heavy atom. The van der Waals surface area contributed by atoms with E-state index in [-0.39, 0.29) is 24.6 Å². The number of nitrogens with zero attached hydrogens (tertiary/aromatic N) is 2. The molecule has 2 aliphatic rings. The SMILES string of the molecule is O=C(NCCN1CCOCC1)C(=O)NC[C@H]1OCCN1S(=O)(=O)c1ccc(Cl)cc1. The second-order valence-electron chi connectivity index (χ2n) is 6.82. The monoisotopic (exact) mass is 460 g/mol. The van der Waals surface area contributed by atoms with E-state index in [1.54, 1.807) is 0 Å². The third kappa shape index (κ3) is 5.90. The minimum atomic E-state index is -3.82. The van der Waals surface area contributed by atoms with Crippen molar-refractivity contribution < 1.29 is 27.5 Å². The van der Waals surface area contributed by atoms with Gasteiger partial charge in [0.05, 0.1) is 31.3 Å². The van der Waals surface area contributed by atoms with Crippen molar-refractivity contribution in [2.45, 2.75) is 11.1 Å². The summed E-state index contributed by atoms with van der Waals surface area (Å²) in [4.78, 5) is 26.2. The van der Waals surface area contributed by atoms with E-state index in [0.717, 1.165) is 17.4 Å². The number of sulfonamides is 1. The van der Waals surface area contributed by atoms with Crippen LogP contribution in [-0.4, -0.2) is 94.8 Å². The van der Waals surface area contributed by atoms with Gasteiger partial charge in [-0.1, -0.05) is 11.6 Å². The zero-order valence-electron chi connectivity index (χ0n) is 16.4. The Balaban J connectivity index is 1.47. The standard InChI is InChI=1S/C18H25ClN4O6S/c19-14-1-3-15(4-2-14)30(26,27)23-9-12-29-16(23)13-21-18(25)17(24)20-5-6-22-7-10-28-11-8-22/h1-4,16H,5-13H2,(H,20,24)(H,21,25)/t16-/m1/s1. The van der Waals surface area contributed by atoms with E-state index in [0.29, 0.717) is 31.3 Å². The first-order valence-electron chi connectivity index (χ1n) is 9.63. The van der Waals surface area contributed by atoms with Gasteiger partial charge in [0.1, 0.15) is 6.23 Å². The Hall–Kier alpha value is -1.76. The summed E-state index contributed by atoms with van der Waals surface area (Å²) in [6.45, 7) is 4.07. The van der Waals surface area contributed by atoms with Crippen molar-refractivity contribution in [3.63, 3.8) is 0 Å². The maximum atomic E-state index is 12.8. The second kappa shape index (κ2) is 10.5. The Morgan fingerprint density at radius 3 is 2.40 bits per heavy atom. The number of benzene rings is 1. The molecule has 30 heavy (non-hydrogen) atoms. The van der Waals surface area contributed by atoms with Gasteiger partial charge in [0.25, 0.3) is 0 Å². The molecule has 0 unspecified atom stereocenters. The normalized spacial score (nSPS) is 20.8. The molecule has 2 heterocycles. The van der Waals surface area contributed by atoms with Crippen LogP contribution in [0.1, 0.15) is 0 Å². The van der Waals surface area contributed by atoms with Gasteiger partial charge in [0.15, 0.2) is 0 Å². The van der Waals surface area contributed by atoms with Crippen molar-refractivity contribution in [3.05, 3.63) is 29.3 Å². The minimum Gasteiger partial charge on any atom is -0.379 e. The molecule has 166 valence electrons. The van der Waals surface area contributed by atoms with Gasteiger partial charge in [-0.2, -0.15) is 4.31 Å². The van der Waals surface area contributed by atoms with Crippen molar-refractivity contribution in [1.29, 1.82) is 0 Å². The molecule has 1 atom stereocenters. The molecule has 2 fully saturated rings. The third-order valence-electron chi connectivity index (χ3n) is 4.82. The molecule has 10 nitrogen and oxygen atoms in total.